The molecule has 0 fully saturated rings. The molecule has 9 nitrogen and oxygen atoms in total. The van der Waals surface area contributed by atoms with Gasteiger partial charge in [0.1, 0.15) is 5.69 Å². The first-order valence-electron chi connectivity index (χ1n) is 8.42. The number of hydrogen-bond donors (Lipinski definition) is 3. The van der Waals surface area contributed by atoms with Gasteiger partial charge in [-0.15, -0.1) is 11.8 Å². The summed E-state index contributed by atoms with van der Waals surface area (Å²) in [6.07, 6.45) is 0.0989. The number of hydroxylamine groups is 1. The van der Waals surface area contributed by atoms with E-state index in [-0.39, 0.29) is 38.9 Å². The number of halogens is 2. The third-order valence-corrected chi connectivity index (χ3v) is 5.69. The van der Waals surface area contributed by atoms with Crippen LogP contribution < -0.4 is 10.2 Å². The second kappa shape index (κ2) is 9.41. The van der Waals surface area contributed by atoms with Crippen molar-refractivity contribution in [2.45, 2.75) is 11.4 Å². The lowest BCUT2D eigenvalue weighted by atomic mass is 10.3. The molecule has 0 aliphatic carbocycles. The Morgan fingerprint density at radius 3 is 3.08 bits per heavy atom. The lowest BCUT2D eigenvalue weighted by Crippen LogP contribution is -2.22. The molecule has 1 aromatic carbocycles. The fourth-order valence-corrected chi connectivity index (χ4v) is 3.72. The highest BCUT2D eigenvalue weighted by atomic mass is 79.9. The van der Waals surface area contributed by atoms with Crippen molar-refractivity contribution in [2.75, 3.05) is 18.5 Å². The van der Waals surface area contributed by atoms with E-state index < -0.39 is 28.6 Å². The van der Waals surface area contributed by atoms with Crippen molar-refractivity contribution in [1.82, 2.24) is 20.5 Å². The van der Waals surface area contributed by atoms with Gasteiger partial charge in [0.25, 0.3) is 0 Å². The van der Waals surface area contributed by atoms with Crippen LogP contribution in [0.5, 0.6) is 0 Å². The summed E-state index contributed by atoms with van der Waals surface area (Å²) in [7, 11) is -3.97. The molecule has 0 spiro atoms. The summed E-state index contributed by atoms with van der Waals surface area (Å²) in [6.45, 7) is -2.80. The monoisotopic (exact) mass is 470 g/mol. The van der Waals surface area contributed by atoms with Gasteiger partial charge in [-0.3, -0.25) is 10.7 Å². The summed E-state index contributed by atoms with van der Waals surface area (Å²) in [4.78, 5) is 3.95. The van der Waals surface area contributed by atoms with Gasteiger partial charge in [-0.1, -0.05) is 6.07 Å². The molecular weight excluding hydrogens is 453 g/mol. The molecule has 0 atom stereocenters. The number of thioether (sulfide) groups is 1. The number of benzene rings is 1. The van der Waals surface area contributed by atoms with Gasteiger partial charge in [0.05, 0.1) is 10.2 Å². The Morgan fingerprint density at radius 2 is 2.35 bits per heavy atom. The van der Waals surface area contributed by atoms with E-state index in [4.69, 9.17) is 4.11 Å². The van der Waals surface area contributed by atoms with Crippen molar-refractivity contribution in [3.8, 4) is 0 Å². The average Bonchev–Trinajstić information content (AvgIpc) is 3.06. The lowest BCUT2D eigenvalue weighted by molar-refractivity contribution is 0.233. The third-order valence-electron chi connectivity index (χ3n) is 2.90. The summed E-state index contributed by atoms with van der Waals surface area (Å²) >= 11 is 4.07. The molecular formula is C13H15BrFN5O4S2. The van der Waals surface area contributed by atoms with Crippen LogP contribution in [-0.4, -0.2) is 48.3 Å². The Morgan fingerprint density at radius 1 is 1.54 bits per heavy atom. The van der Waals surface area contributed by atoms with E-state index in [1.54, 1.807) is 16.3 Å². The maximum absolute atomic E-state index is 14.1. The number of rotatable bonds is 8. The van der Waals surface area contributed by atoms with Crippen molar-refractivity contribution in [1.29, 1.82) is 0 Å². The van der Waals surface area contributed by atoms with Gasteiger partial charge in [-0.05, 0) is 51.8 Å². The number of nitrogens with zero attached hydrogens (tertiary/aromatic N) is 3. The smallest absolute Gasteiger partial charge is 0.211 e. The van der Waals surface area contributed by atoms with Crippen LogP contribution in [0.2, 0.25) is 0 Å². The van der Waals surface area contributed by atoms with Crippen molar-refractivity contribution in [3.05, 3.63) is 34.2 Å². The minimum Gasteiger partial charge on any atom is -0.290 e. The SMILES string of the molecule is [2H]C([2H])([2H])NS(=O)(=O)CCCSc1nonc1C(=Nc1cccc(Br)c1F)NO. The standard InChI is InChI=1S/C13H15BrFN5O4S2/c1-16-26(22,23)7-3-6-25-13-11(19-24-20-13)12(18-21)17-9-5-2-4-8(14)10(9)15/h2,4-5,16,21H,3,6-7H2,1H3,(H,17,18)/i1D3. The van der Waals surface area contributed by atoms with Gasteiger partial charge in [0, 0.05) is 9.87 Å². The van der Waals surface area contributed by atoms with Gasteiger partial charge >= 0.3 is 0 Å². The normalized spacial score (nSPS) is 14.6. The topological polar surface area (TPSA) is 130 Å². The van der Waals surface area contributed by atoms with Crippen molar-refractivity contribution < 1.29 is 26.8 Å². The van der Waals surface area contributed by atoms with E-state index >= 15 is 0 Å². The molecule has 0 saturated heterocycles. The summed E-state index contributed by atoms with van der Waals surface area (Å²) in [5.41, 5.74) is 1.70. The molecule has 1 aromatic heterocycles. The van der Waals surface area contributed by atoms with Crippen LogP contribution in [0, 0.1) is 5.82 Å². The van der Waals surface area contributed by atoms with Crippen LogP contribution >= 0.6 is 27.7 Å². The molecule has 26 heavy (non-hydrogen) atoms. The maximum Gasteiger partial charge on any atom is 0.211 e. The number of amidine groups is 1. The maximum atomic E-state index is 14.1. The highest BCUT2D eigenvalue weighted by Gasteiger charge is 2.18. The molecule has 2 aromatic rings. The third kappa shape index (κ3) is 5.48. The van der Waals surface area contributed by atoms with E-state index in [9.17, 15) is 18.0 Å². The average molecular weight is 471 g/mol. The second-order valence-corrected chi connectivity index (χ2v) is 8.47. The zero-order chi connectivity index (χ0) is 21.7. The van der Waals surface area contributed by atoms with Crippen LogP contribution in [0.4, 0.5) is 10.1 Å². The highest BCUT2D eigenvalue weighted by molar-refractivity contribution is 9.10. The number of aromatic nitrogens is 2. The predicted molar refractivity (Wildman–Crippen MR) is 97.7 cm³/mol. The molecule has 0 radical (unpaired) electrons. The second-order valence-electron chi connectivity index (χ2n) is 4.69. The van der Waals surface area contributed by atoms with Gasteiger partial charge in [-0.25, -0.2) is 27.2 Å². The Kier molecular flexibility index (Phi) is 6.02. The van der Waals surface area contributed by atoms with Crippen LogP contribution in [0.15, 0.2) is 37.3 Å². The largest absolute Gasteiger partial charge is 0.290 e. The number of hydrogen-bond acceptors (Lipinski definition) is 8. The molecule has 0 aliphatic rings. The molecule has 0 saturated carbocycles. The van der Waals surface area contributed by atoms with Crippen molar-refractivity contribution in [3.63, 3.8) is 0 Å². The zero-order valence-corrected chi connectivity index (χ0v) is 16.2. The first-order chi connectivity index (χ1) is 13.5. The van der Waals surface area contributed by atoms with Crippen LogP contribution in [0.1, 0.15) is 16.2 Å². The summed E-state index contributed by atoms with van der Waals surface area (Å²) in [5.74, 6) is -1.09. The van der Waals surface area contributed by atoms with Gasteiger partial charge in [0.15, 0.2) is 22.4 Å². The Hall–Kier alpha value is -1.54. The fourth-order valence-electron chi connectivity index (χ4n) is 1.72. The summed E-state index contributed by atoms with van der Waals surface area (Å²) in [5, 5.41) is 16.8. The molecule has 0 amide bonds. The Bertz CT molecular complexity index is 987. The zero-order valence-electron chi connectivity index (χ0n) is 15.9. The number of nitrogens with one attached hydrogen (secondary N) is 2. The van der Waals surface area contributed by atoms with Gasteiger partial charge in [0.2, 0.25) is 10.0 Å². The summed E-state index contributed by atoms with van der Waals surface area (Å²) in [6, 6.07) is 4.40. The molecule has 0 unspecified atom stereocenters. The number of aliphatic imine (C=N–C) groups is 1. The highest BCUT2D eigenvalue weighted by Crippen LogP contribution is 2.26. The quantitative estimate of drug-likeness (QED) is 0.175. The van der Waals surface area contributed by atoms with Crippen molar-refractivity contribution >= 4 is 49.2 Å². The Labute approximate surface area is 165 Å². The Balaban J connectivity index is 2.06. The molecule has 13 heteroatoms. The molecule has 1 heterocycles. The van der Waals surface area contributed by atoms with Gasteiger partial charge in [-0.2, -0.15) is 0 Å². The van der Waals surface area contributed by atoms with E-state index in [1.807, 2.05) is 0 Å². The minimum absolute atomic E-state index is 0.0136. The molecule has 0 bridgehead atoms. The molecule has 0 aliphatic heterocycles. The molecule has 142 valence electrons. The van der Waals surface area contributed by atoms with Crippen LogP contribution in [-0.2, 0) is 10.0 Å². The summed E-state index contributed by atoms with van der Waals surface area (Å²) < 4.78 is 64.6. The van der Waals surface area contributed by atoms with E-state index in [1.165, 1.54) is 12.1 Å². The predicted octanol–water partition coefficient (Wildman–Crippen LogP) is 2.06. The molecule has 2 rings (SSSR count). The first-order valence-corrected chi connectivity index (χ1v) is 10.4. The van der Waals surface area contributed by atoms with E-state index in [0.717, 1.165) is 11.8 Å². The van der Waals surface area contributed by atoms with E-state index in [0.29, 0.717) is 0 Å². The van der Waals surface area contributed by atoms with Crippen molar-refractivity contribution in [2.24, 2.45) is 4.99 Å². The minimum atomic E-state index is -3.97. The lowest BCUT2D eigenvalue weighted by Gasteiger charge is -2.05. The molecule has 3 N–H and O–H groups in total. The van der Waals surface area contributed by atoms with Crippen LogP contribution in [0.25, 0.3) is 0 Å². The fraction of sp³-hybridized carbons (Fsp3) is 0.308. The van der Waals surface area contributed by atoms with Gasteiger partial charge < -0.3 is 0 Å². The van der Waals surface area contributed by atoms with Crippen LogP contribution in [0.3, 0.4) is 0 Å². The van der Waals surface area contributed by atoms with E-state index in [2.05, 4.69) is 35.9 Å². The first kappa shape index (κ1) is 16.6. The number of sulfonamides is 1.